The summed E-state index contributed by atoms with van der Waals surface area (Å²) in [5.74, 6) is 0.429. The third-order valence-electron chi connectivity index (χ3n) is 3.05. The van der Waals surface area contributed by atoms with Gasteiger partial charge in [0.05, 0.1) is 0 Å². The molecule has 0 aromatic carbocycles. The molecule has 1 aromatic rings. The fourth-order valence-corrected chi connectivity index (χ4v) is 2.32. The summed E-state index contributed by atoms with van der Waals surface area (Å²) >= 11 is 0. The Hall–Kier alpha value is -1.62. The quantitative estimate of drug-likeness (QED) is 0.771. The highest BCUT2D eigenvalue weighted by Gasteiger charge is 2.17. The van der Waals surface area contributed by atoms with E-state index in [0.717, 1.165) is 25.2 Å². The lowest BCUT2D eigenvalue weighted by atomic mass is 10.0. The van der Waals surface area contributed by atoms with Crippen LogP contribution in [0.3, 0.4) is 0 Å². The van der Waals surface area contributed by atoms with Crippen LogP contribution < -0.4 is 10.6 Å². The molecule has 0 aliphatic carbocycles. The molecule has 1 aromatic heterocycles. The van der Waals surface area contributed by atoms with E-state index < -0.39 is 0 Å². The van der Waals surface area contributed by atoms with Gasteiger partial charge in [-0.1, -0.05) is 13.8 Å². The summed E-state index contributed by atoms with van der Waals surface area (Å²) < 4.78 is 0. The maximum atomic E-state index is 12.4. The van der Waals surface area contributed by atoms with Gasteiger partial charge in [-0.25, -0.2) is 0 Å². The van der Waals surface area contributed by atoms with E-state index in [1.807, 2.05) is 27.1 Å². The van der Waals surface area contributed by atoms with E-state index in [9.17, 15) is 4.79 Å². The molecule has 0 bridgehead atoms. The number of likely N-dealkylation sites (N-methyl/N-ethyl adjacent to an activating group) is 1. The molecule has 0 spiro atoms. The lowest BCUT2D eigenvalue weighted by Crippen LogP contribution is -2.42. The first-order valence-corrected chi connectivity index (χ1v) is 7.57. The van der Waals surface area contributed by atoms with Gasteiger partial charge in [-0.15, -0.1) is 0 Å². The number of nitrogens with one attached hydrogen (secondary N) is 2. The molecule has 0 fully saturated rings. The second-order valence-electron chi connectivity index (χ2n) is 6.02. The molecule has 0 aliphatic heterocycles. The zero-order chi connectivity index (χ0) is 15.8. The molecule has 1 amide bonds. The van der Waals surface area contributed by atoms with E-state index >= 15 is 0 Å². The highest BCUT2D eigenvalue weighted by Crippen LogP contribution is 2.10. The summed E-state index contributed by atoms with van der Waals surface area (Å²) in [7, 11) is 4.03. The van der Waals surface area contributed by atoms with Gasteiger partial charge in [0.25, 0.3) is 5.91 Å². The van der Waals surface area contributed by atoms with Crippen LogP contribution in [0.4, 0.5) is 5.69 Å². The molecule has 1 atom stereocenters. The lowest BCUT2D eigenvalue weighted by molar-refractivity contribution is 0.0919. The average Bonchev–Trinajstić information content (AvgIpc) is 2.37. The van der Waals surface area contributed by atoms with Crippen LogP contribution in [0, 0.1) is 5.92 Å². The van der Waals surface area contributed by atoms with Crippen LogP contribution in [0.1, 0.15) is 37.7 Å². The van der Waals surface area contributed by atoms with Crippen LogP contribution in [-0.2, 0) is 0 Å². The SMILES string of the molecule is CCNc1ccnc(C(=O)NC(CC(C)C)CN(C)C)c1. The number of rotatable bonds is 8. The number of carbonyl (C=O) groups excluding carboxylic acids is 1. The molecular formula is C16H28N4O. The zero-order valence-electron chi connectivity index (χ0n) is 13.8. The van der Waals surface area contributed by atoms with Crippen molar-refractivity contribution in [1.29, 1.82) is 0 Å². The van der Waals surface area contributed by atoms with Crippen LogP contribution in [-0.4, -0.2) is 49.0 Å². The lowest BCUT2D eigenvalue weighted by Gasteiger charge is -2.23. The minimum Gasteiger partial charge on any atom is -0.385 e. The van der Waals surface area contributed by atoms with Crippen LogP contribution in [0.2, 0.25) is 0 Å². The van der Waals surface area contributed by atoms with Gasteiger partial charge in [0.1, 0.15) is 5.69 Å². The summed E-state index contributed by atoms with van der Waals surface area (Å²) in [5.41, 5.74) is 1.38. The van der Waals surface area contributed by atoms with Crippen molar-refractivity contribution in [1.82, 2.24) is 15.2 Å². The smallest absolute Gasteiger partial charge is 0.270 e. The fourth-order valence-electron chi connectivity index (χ4n) is 2.32. The van der Waals surface area contributed by atoms with E-state index in [1.165, 1.54) is 0 Å². The number of pyridine rings is 1. The molecule has 0 aliphatic rings. The third-order valence-corrected chi connectivity index (χ3v) is 3.05. The second-order valence-corrected chi connectivity index (χ2v) is 6.02. The normalized spacial score (nSPS) is 12.5. The Morgan fingerprint density at radius 3 is 2.67 bits per heavy atom. The molecule has 1 rings (SSSR count). The fraction of sp³-hybridized carbons (Fsp3) is 0.625. The average molecular weight is 292 g/mol. The Morgan fingerprint density at radius 1 is 1.38 bits per heavy atom. The molecular weight excluding hydrogens is 264 g/mol. The van der Waals surface area contributed by atoms with E-state index in [4.69, 9.17) is 0 Å². The Kier molecular flexibility index (Phi) is 7.15. The molecule has 1 heterocycles. The summed E-state index contributed by atoms with van der Waals surface area (Å²) in [4.78, 5) is 18.6. The first kappa shape index (κ1) is 17.4. The second kappa shape index (κ2) is 8.62. The maximum absolute atomic E-state index is 12.4. The van der Waals surface area contributed by atoms with Crippen LogP contribution in [0.25, 0.3) is 0 Å². The number of amides is 1. The molecule has 2 N–H and O–H groups in total. The minimum absolute atomic E-state index is 0.109. The molecule has 0 saturated carbocycles. The first-order valence-electron chi connectivity index (χ1n) is 7.57. The standard InChI is InChI=1S/C16H28N4O/c1-6-17-13-7-8-18-15(10-13)16(21)19-14(9-12(2)3)11-20(4)5/h7-8,10,12,14H,6,9,11H2,1-5H3,(H,17,18)(H,19,21). The third kappa shape index (κ3) is 6.58. The summed E-state index contributed by atoms with van der Waals surface area (Å²) in [6.07, 6.45) is 2.62. The van der Waals surface area contributed by atoms with E-state index in [1.54, 1.807) is 12.3 Å². The van der Waals surface area contributed by atoms with Crippen molar-refractivity contribution in [2.75, 3.05) is 32.5 Å². The molecule has 5 heteroatoms. The van der Waals surface area contributed by atoms with Crippen molar-refractivity contribution in [2.45, 2.75) is 33.2 Å². The van der Waals surface area contributed by atoms with E-state index in [-0.39, 0.29) is 11.9 Å². The Bertz CT molecular complexity index is 436. The van der Waals surface area contributed by atoms with Crippen molar-refractivity contribution in [3.05, 3.63) is 24.0 Å². The van der Waals surface area contributed by atoms with Gasteiger partial charge in [0.2, 0.25) is 0 Å². The maximum Gasteiger partial charge on any atom is 0.270 e. The van der Waals surface area contributed by atoms with Gasteiger partial charge in [-0.05, 0) is 45.5 Å². The Morgan fingerprint density at radius 2 is 2.10 bits per heavy atom. The van der Waals surface area contributed by atoms with E-state index in [0.29, 0.717) is 11.6 Å². The summed E-state index contributed by atoms with van der Waals surface area (Å²) in [5, 5.41) is 6.29. The van der Waals surface area contributed by atoms with Gasteiger partial charge >= 0.3 is 0 Å². The molecule has 1 unspecified atom stereocenters. The number of nitrogens with zero attached hydrogens (tertiary/aromatic N) is 2. The minimum atomic E-state index is -0.109. The van der Waals surface area contributed by atoms with Gasteiger partial charge in [0.15, 0.2) is 0 Å². The molecule has 5 nitrogen and oxygen atoms in total. The number of anilines is 1. The summed E-state index contributed by atoms with van der Waals surface area (Å²) in [6, 6.07) is 3.80. The molecule has 0 saturated heterocycles. The molecule has 21 heavy (non-hydrogen) atoms. The number of carbonyl (C=O) groups is 1. The van der Waals surface area contributed by atoms with Gasteiger partial charge < -0.3 is 15.5 Å². The number of aromatic nitrogens is 1. The highest BCUT2D eigenvalue weighted by molar-refractivity contribution is 5.93. The van der Waals surface area contributed by atoms with Crippen LogP contribution >= 0.6 is 0 Å². The monoisotopic (exact) mass is 292 g/mol. The van der Waals surface area contributed by atoms with Gasteiger partial charge in [-0.3, -0.25) is 9.78 Å². The van der Waals surface area contributed by atoms with Crippen molar-refractivity contribution < 1.29 is 4.79 Å². The first-order chi connectivity index (χ1) is 9.92. The van der Waals surface area contributed by atoms with Crippen molar-refractivity contribution in [2.24, 2.45) is 5.92 Å². The topological polar surface area (TPSA) is 57.3 Å². The number of hydrogen-bond acceptors (Lipinski definition) is 4. The van der Waals surface area contributed by atoms with Crippen molar-refractivity contribution in [3.63, 3.8) is 0 Å². The largest absolute Gasteiger partial charge is 0.385 e. The van der Waals surface area contributed by atoms with Gasteiger partial charge in [0, 0.05) is 31.0 Å². The zero-order valence-corrected chi connectivity index (χ0v) is 13.8. The van der Waals surface area contributed by atoms with Crippen LogP contribution in [0.15, 0.2) is 18.3 Å². The Balaban J connectivity index is 2.73. The molecule has 0 radical (unpaired) electrons. The highest BCUT2D eigenvalue weighted by atomic mass is 16.1. The Labute approximate surface area is 128 Å². The van der Waals surface area contributed by atoms with Crippen molar-refractivity contribution >= 4 is 11.6 Å². The predicted molar refractivity (Wildman–Crippen MR) is 87.7 cm³/mol. The van der Waals surface area contributed by atoms with Crippen molar-refractivity contribution in [3.8, 4) is 0 Å². The van der Waals surface area contributed by atoms with Gasteiger partial charge in [-0.2, -0.15) is 0 Å². The number of hydrogen-bond donors (Lipinski definition) is 2. The van der Waals surface area contributed by atoms with E-state index in [2.05, 4.69) is 34.4 Å². The molecule has 118 valence electrons. The summed E-state index contributed by atoms with van der Waals surface area (Å²) in [6.45, 7) is 8.01. The van der Waals surface area contributed by atoms with Crippen LogP contribution in [0.5, 0.6) is 0 Å². The predicted octanol–water partition coefficient (Wildman–Crippen LogP) is 2.22.